The molecule has 39 heavy (non-hydrogen) atoms. The van der Waals surface area contributed by atoms with Crippen LogP contribution >= 0.6 is 0 Å². The first kappa shape index (κ1) is 27.9. The number of para-hydroxylation sites is 1. The Balaban J connectivity index is 1.42. The number of nitrogens with zero attached hydrogens (tertiary/aromatic N) is 2. The number of rotatable bonds is 6. The predicted octanol–water partition coefficient (Wildman–Crippen LogP) is 4.65. The van der Waals surface area contributed by atoms with Gasteiger partial charge in [-0.2, -0.15) is 0 Å². The maximum atomic E-state index is 13.1. The fraction of sp³-hybridized carbons (Fsp3) is 0.400. The fourth-order valence-corrected chi connectivity index (χ4v) is 4.65. The molecule has 1 saturated heterocycles. The van der Waals surface area contributed by atoms with Crippen LogP contribution in [0.1, 0.15) is 48.8 Å². The van der Waals surface area contributed by atoms with Crippen LogP contribution in [-0.2, 0) is 20.9 Å². The molecule has 2 aromatic carbocycles. The minimum atomic E-state index is -0.651. The zero-order valence-electron chi connectivity index (χ0n) is 23.0. The van der Waals surface area contributed by atoms with Gasteiger partial charge in [0.05, 0.1) is 24.6 Å². The number of carbonyl (C=O) groups excluding carboxylic acids is 3. The number of fused-ring (bicyclic) bond motifs is 1. The van der Waals surface area contributed by atoms with E-state index in [1.54, 1.807) is 45.0 Å². The largest absolute Gasteiger partial charge is 0.489 e. The first-order valence-electron chi connectivity index (χ1n) is 13.0. The summed E-state index contributed by atoms with van der Waals surface area (Å²) in [7, 11) is 1.32. The number of benzene rings is 2. The molecule has 0 saturated carbocycles. The van der Waals surface area contributed by atoms with Gasteiger partial charge >= 0.3 is 12.1 Å². The van der Waals surface area contributed by atoms with Crippen molar-refractivity contribution < 1.29 is 28.6 Å². The molecule has 1 aliphatic rings. The van der Waals surface area contributed by atoms with E-state index >= 15 is 0 Å². The highest BCUT2D eigenvalue weighted by Gasteiger charge is 2.38. The second-order valence-corrected chi connectivity index (χ2v) is 10.7. The van der Waals surface area contributed by atoms with E-state index in [1.807, 2.05) is 37.3 Å². The smallest absolute Gasteiger partial charge is 0.410 e. The highest BCUT2D eigenvalue weighted by Crippen LogP contribution is 2.24. The molecule has 2 heterocycles. The van der Waals surface area contributed by atoms with Gasteiger partial charge < -0.3 is 24.4 Å². The molecule has 1 fully saturated rings. The van der Waals surface area contributed by atoms with Gasteiger partial charge in [0, 0.05) is 35.3 Å². The molecule has 0 aliphatic carbocycles. The lowest BCUT2D eigenvalue weighted by atomic mass is 9.91. The Morgan fingerprint density at radius 1 is 1.08 bits per heavy atom. The third-order valence-electron chi connectivity index (χ3n) is 6.53. The lowest BCUT2D eigenvalue weighted by Crippen LogP contribution is -2.56. The van der Waals surface area contributed by atoms with E-state index < -0.39 is 29.6 Å². The van der Waals surface area contributed by atoms with E-state index in [1.165, 1.54) is 12.0 Å². The topological polar surface area (TPSA) is 107 Å². The first-order valence-corrected chi connectivity index (χ1v) is 13.0. The summed E-state index contributed by atoms with van der Waals surface area (Å²) < 4.78 is 16.4. The number of piperidine rings is 1. The molecule has 0 spiro atoms. The molecule has 2 amide bonds. The van der Waals surface area contributed by atoms with Gasteiger partial charge in [-0.3, -0.25) is 14.6 Å². The number of hydrogen-bond acceptors (Lipinski definition) is 7. The maximum absolute atomic E-state index is 13.1. The van der Waals surface area contributed by atoms with Crippen LogP contribution in [0, 0.1) is 12.8 Å². The Hall–Kier alpha value is -4.14. The molecule has 9 nitrogen and oxygen atoms in total. The number of likely N-dealkylation sites (tertiary alicyclic amines) is 1. The molecule has 3 aromatic rings. The number of aryl methyl sites for hydroxylation is 1. The summed E-state index contributed by atoms with van der Waals surface area (Å²) in [6.45, 7) is 8.16. The number of carbonyl (C=O) groups is 3. The van der Waals surface area contributed by atoms with Crippen LogP contribution in [0.2, 0.25) is 0 Å². The molecule has 1 aromatic heterocycles. The van der Waals surface area contributed by atoms with Crippen LogP contribution < -0.4 is 10.1 Å². The van der Waals surface area contributed by atoms with Crippen molar-refractivity contribution in [1.29, 1.82) is 0 Å². The molecule has 4 rings (SSSR count). The van der Waals surface area contributed by atoms with Crippen LogP contribution in [0.5, 0.6) is 5.75 Å². The van der Waals surface area contributed by atoms with Gasteiger partial charge in [0.1, 0.15) is 18.0 Å². The van der Waals surface area contributed by atoms with Crippen molar-refractivity contribution in [2.45, 2.75) is 52.4 Å². The summed E-state index contributed by atoms with van der Waals surface area (Å²) in [5.41, 5.74) is 2.62. The summed E-state index contributed by atoms with van der Waals surface area (Å²) in [5, 5.41) is 3.95. The predicted molar refractivity (Wildman–Crippen MR) is 146 cm³/mol. The molecule has 1 N–H and O–H groups in total. The zero-order valence-corrected chi connectivity index (χ0v) is 23.0. The molecule has 0 bridgehead atoms. The maximum Gasteiger partial charge on any atom is 0.410 e. The van der Waals surface area contributed by atoms with Gasteiger partial charge in [-0.25, -0.2) is 4.79 Å². The second kappa shape index (κ2) is 11.7. The first-order chi connectivity index (χ1) is 18.5. The average molecular weight is 534 g/mol. The normalized spacial score (nSPS) is 17.4. The summed E-state index contributed by atoms with van der Waals surface area (Å²) in [4.78, 5) is 44.2. The van der Waals surface area contributed by atoms with Gasteiger partial charge in [0.15, 0.2) is 0 Å². The Morgan fingerprint density at radius 3 is 2.49 bits per heavy atom. The minimum absolute atomic E-state index is 0.140. The number of ether oxygens (including phenoxy) is 3. The van der Waals surface area contributed by atoms with E-state index in [2.05, 4.69) is 10.3 Å². The summed E-state index contributed by atoms with van der Waals surface area (Å²) >= 11 is 0. The Labute approximate surface area is 228 Å². The Morgan fingerprint density at radius 2 is 1.79 bits per heavy atom. The van der Waals surface area contributed by atoms with Crippen molar-refractivity contribution >= 4 is 28.9 Å². The van der Waals surface area contributed by atoms with Gasteiger partial charge in [0.2, 0.25) is 0 Å². The third kappa shape index (κ3) is 7.04. The molecule has 1 aliphatic heterocycles. The molecule has 2 atom stereocenters. The van der Waals surface area contributed by atoms with Gasteiger partial charge in [-0.15, -0.1) is 0 Å². The third-order valence-corrected chi connectivity index (χ3v) is 6.53. The monoisotopic (exact) mass is 533 g/mol. The average Bonchev–Trinajstić information content (AvgIpc) is 2.90. The summed E-state index contributed by atoms with van der Waals surface area (Å²) in [6.07, 6.45) is -0.129. The standard InChI is InChI=1S/C30H35N3O6/c1-19-16-21(23-8-6-7-9-25(23)31-19)18-38-22-12-10-20(11-13-22)27(34)32-26-17-33(29(36)39-30(2,3)4)15-14-24(26)28(35)37-5/h6-13,16,24,26H,14-15,17-18H2,1-5H3,(H,32,34)/t24-,26+/m0/s1. The van der Waals surface area contributed by atoms with Crippen molar-refractivity contribution in [2.75, 3.05) is 20.2 Å². The SMILES string of the molecule is COC(=O)[C@H]1CCN(C(=O)OC(C)(C)C)C[C@H]1NC(=O)c1ccc(OCc2cc(C)nc3ccccc23)cc1. The molecule has 0 radical (unpaired) electrons. The number of amides is 2. The summed E-state index contributed by atoms with van der Waals surface area (Å²) in [6, 6.07) is 16.1. The number of pyridine rings is 1. The molecule has 206 valence electrons. The number of esters is 1. The van der Waals surface area contributed by atoms with E-state index in [4.69, 9.17) is 14.2 Å². The molecular formula is C30H35N3O6. The molecule has 9 heteroatoms. The Kier molecular flexibility index (Phi) is 8.38. The van der Waals surface area contributed by atoms with Crippen LogP contribution in [-0.4, -0.2) is 59.7 Å². The van der Waals surface area contributed by atoms with Crippen LogP contribution in [0.15, 0.2) is 54.6 Å². The lowest BCUT2D eigenvalue weighted by Gasteiger charge is -2.38. The van der Waals surface area contributed by atoms with Gasteiger partial charge in [0.25, 0.3) is 5.91 Å². The van der Waals surface area contributed by atoms with Crippen molar-refractivity contribution in [3.8, 4) is 5.75 Å². The quantitative estimate of drug-likeness (QED) is 0.460. The number of methoxy groups -OCH3 is 1. The Bertz CT molecular complexity index is 1350. The summed E-state index contributed by atoms with van der Waals surface area (Å²) in [5.74, 6) is -0.737. The van der Waals surface area contributed by atoms with Crippen molar-refractivity contribution in [3.63, 3.8) is 0 Å². The minimum Gasteiger partial charge on any atom is -0.489 e. The second-order valence-electron chi connectivity index (χ2n) is 10.7. The van der Waals surface area contributed by atoms with Crippen LogP contribution in [0.25, 0.3) is 10.9 Å². The van der Waals surface area contributed by atoms with Crippen molar-refractivity contribution in [1.82, 2.24) is 15.2 Å². The fourth-order valence-electron chi connectivity index (χ4n) is 4.65. The van der Waals surface area contributed by atoms with Gasteiger partial charge in [-0.05, 0) is 70.5 Å². The van der Waals surface area contributed by atoms with Crippen LogP contribution in [0.4, 0.5) is 4.79 Å². The number of hydrogen-bond donors (Lipinski definition) is 1. The molecular weight excluding hydrogens is 498 g/mol. The highest BCUT2D eigenvalue weighted by atomic mass is 16.6. The van der Waals surface area contributed by atoms with E-state index in [9.17, 15) is 14.4 Å². The molecule has 0 unspecified atom stereocenters. The van der Waals surface area contributed by atoms with E-state index in [-0.39, 0.29) is 12.5 Å². The van der Waals surface area contributed by atoms with Gasteiger partial charge in [-0.1, -0.05) is 18.2 Å². The zero-order chi connectivity index (χ0) is 28.2. The number of aromatic nitrogens is 1. The lowest BCUT2D eigenvalue weighted by molar-refractivity contribution is -0.148. The highest BCUT2D eigenvalue weighted by molar-refractivity contribution is 5.95. The van der Waals surface area contributed by atoms with Crippen molar-refractivity contribution in [3.05, 3.63) is 71.4 Å². The van der Waals surface area contributed by atoms with E-state index in [0.717, 1.165) is 22.2 Å². The van der Waals surface area contributed by atoms with E-state index in [0.29, 0.717) is 30.9 Å². The van der Waals surface area contributed by atoms with Crippen molar-refractivity contribution in [2.24, 2.45) is 5.92 Å². The number of nitrogens with one attached hydrogen (secondary N) is 1. The van der Waals surface area contributed by atoms with Crippen LogP contribution in [0.3, 0.4) is 0 Å².